The number of aliphatic hydroxyl groups excluding tert-OH is 1. The molecular weight excluding hydrogens is 312 g/mol. The summed E-state index contributed by atoms with van der Waals surface area (Å²) in [6.07, 6.45) is 5.01. The standard InChI is InChI=1S/C20H18N4O/c1-15-19(13-23-22-11-16-6-3-2-4-7-16)24-20(12-21-15)18-9-5-8-17(10-18)14-25/h2-13,25H,14H2,1H3. The summed E-state index contributed by atoms with van der Waals surface area (Å²) in [5.74, 6) is 0. The normalized spacial score (nSPS) is 11.4. The molecule has 0 atom stereocenters. The average molecular weight is 330 g/mol. The van der Waals surface area contributed by atoms with E-state index in [1.165, 1.54) is 0 Å². The van der Waals surface area contributed by atoms with Gasteiger partial charge in [0.15, 0.2) is 0 Å². The third kappa shape index (κ3) is 4.43. The third-order valence-corrected chi connectivity index (χ3v) is 3.65. The molecule has 2 aromatic carbocycles. The van der Waals surface area contributed by atoms with Crippen LogP contribution in [0.4, 0.5) is 0 Å². The molecule has 0 aliphatic rings. The van der Waals surface area contributed by atoms with Crippen molar-refractivity contribution in [1.82, 2.24) is 9.97 Å². The minimum Gasteiger partial charge on any atom is -0.392 e. The minimum atomic E-state index is -0.00432. The van der Waals surface area contributed by atoms with E-state index in [2.05, 4.69) is 20.2 Å². The Bertz CT molecular complexity index is 905. The van der Waals surface area contributed by atoms with Crippen LogP contribution in [0.2, 0.25) is 0 Å². The van der Waals surface area contributed by atoms with Crippen molar-refractivity contribution in [1.29, 1.82) is 0 Å². The molecule has 0 aliphatic heterocycles. The second-order valence-corrected chi connectivity index (χ2v) is 5.48. The van der Waals surface area contributed by atoms with Crippen LogP contribution < -0.4 is 0 Å². The molecule has 5 nitrogen and oxygen atoms in total. The van der Waals surface area contributed by atoms with Gasteiger partial charge in [-0.15, -0.1) is 0 Å². The van der Waals surface area contributed by atoms with E-state index in [9.17, 15) is 5.11 Å². The number of rotatable bonds is 5. The van der Waals surface area contributed by atoms with Crippen molar-refractivity contribution >= 4 is 12.4 Å². The van der Waals surface area contributed by atoms with Crippen LogP contribution in [0.25, 0.3) is 11.3 Å². The summed E-state index contributed by atoms with van der Waals surface area (Å²) in [5, 5.41) is 17.4. The van der Waals surface area contributed by atoms with Gasteiger partial charge in [-0.2, -0.15) is 10.2 Å². The summed E-state index contributed by atoms with van der Waals surface area (Å²) in [5.41, 5.74) is 4.90. The summed E-state index contributed by atoms with van der Waals surface area (Å²) < 4.78 is 0. The Morgan fingerprint density at radius 3 is 2.60 bits per heavy atom. The molecule has 3 aromatic rings. The quantitative estimate of drug-likeness (QED) is 0.576. The first-order chi connectivity index (χ1) is 12.3. The van der Waals surface area contributed by atoms with Crippen molar-refractivity contribution in [3.8, 4) is 11.3 Å². The molecule has 124 valence electrons. The largest absolute Gasteiger partial charge is 0.392 e. The van der Waals surface area contributed by atoms with E-state index in [1.807, 2.05) is 61.5 Å². The highest BCUT2D eigenvalue weighted by Crippen LogP contribution is 2.18. The first-order valence-corrected chi connectivity index (χ1v) is 7.91. The van der Waals surface area contributed by atoms with Gasteiger partial charge in [0.2, 0.25) is 0 Å². The molecule has 1 heterocycles. The highest BCUT2D eigenvalue weighted by molar-refractivity contribution is 5.82. The van der Waals surface area contributed by atoms with Crippen molar-refractivity contribution in [2.45, 2.75) is 13.5 Å². The van der Waals surface area contributed by atoms with Crippen LogP contribution in [0.15, 0.2) is 71.0 Å². The first kappa shape index (κ1) is 16.7. The highest BCUT2D eigenvalue weighted by Gasteiger charge is 2.05. The van der Waals surface area contributed by atoms with Crippen molar-refractivity contribution in [2.24, 2.45) is 10.2 Å². The molecule has 3 rings (SSSR count). The van der Waals surface area contributed by atoms with Gasteiger partial charge in [-0.05, 0) is 24.1 Å². The lowest BCUT2D eigenvalue weighted by molar-refractivity contribution is 0.282. The number of hydrogen-bond acceptors (Lipinski definition) is 5. The van der Waals surface area contributed by atoms with Crippen molar-refractivity contribution < 1.29 is 5.11 Å². The number of benzene rings is 2. The predicted octanol–water partition coefficient (Wildman–Crippen LogP) is 3.40. The monoisotopic (exact) mass is 330 g/mol. The topological polar surface area (TPSA) is 70.7 Å². The Morgan fingerprint density at radius 2 is 1.80 bits per heavy atom. The lowest BCUT2D eigenvalue weighted by atomic mass is 10.1. The van der Waals surface area contributed by atoms with Crippen molar-refractivity contribution in [3.05, 3.63) is 83.3 Å². The van der Waals surface area contributed by atoms with Gasteiger partial charge in [0.1, 0.15) is 5.69 Å². The molecule has 25 heavy (non-hydrogen) atoms. The lowest BCUT2D eigenvalue weighted by Gasteiger charge is -2.05. The van der Waals surface area contributed by atoms with Crippen molar-refractivity contribution in [2.75, 3.05) is 0 Å². The fourth-order valence-corrected chi connectivity index (χ4v) is 2.28. The molecule has 0 fully saturated rings. The van der Waals surface area contributed by atoms with E-state index in [1.54, 1.807) is 18.6 Å². The molecule has 0 bridgehead atoms. The summed E-state index contributed by atoms with van der Waals surface area (Å²) in [4.78, 5) is 8.97. The zero-order chi connectivity index (χ0) is 17.5. The van der Waals surface area contributed by atoms with Crippen LogP contribution in [0.3, 0.4) is 0 Å². The number of nitrogens with zero attached hydrogens (tertiary/aromatic N) is 4. The summed E-state index contributed by atoms with van der Waals surface area (Å²) >= 11 is 0. The molecular formula is C20H18N4O. The minimum absolute atomic E-state index is 0.00432. The SMILES string of the molecule is Cc1ncc(-c2cccc(CO)c2)nc1C=NN=Cc1ccccc1. The average Bonchev–Trinajstić information content (AvgIpc) is 2.67. The van der Waals surface area contributed by atoms with Crippen LogP contribution in [-0.4, -0.2) is 27.5 Å². The van der Waals surface area contributed by atoms with Gasteiger partial charge in [0, 0.05) is 5.56 Å². The van der Waals surface area contributed by atoms with Crippen LogP contribution in [-0.2, 0) is 6.61 Å². The van der Waals surface area contributed by atoms with E-state index < -0.39 is 0 Å². The number of aromatic nitrogens is 2. The van der Waals surface area contributed by atoms with E-state index >= 15 is 0 Å². The zero-order valence-electron chi connectivity index (χ0n) is 13.9. The van der Waals surface area contributed by atoms with Gasteiger partial charge < -0.3 is 5.11 Å². The Kier molecular flexibility index (Phi) is 5.39. The smallest absolute Gasteiger partial charge is 0.105 e. The van der Waals surface area contributed by atoms with Gasteiger partial charge in [-0.3, -0.25) is 4.98 Å². The third-order valence-electron chi connectivity index (χ3n) is 3.65. The number of aryl methyl sites for hydroxylation is 1. The molecule has 0 radical (unpaired) electrons. The molecule has 5 heteroatoms. The number of aliphatic hydroxyl groups is 1. The Labute approximate surface area is 146 Å². The van der Waals surface area contributed by atoms with Gasteiger partial charge in [0.05, 0.1) is 36.6 Å². The fourth-order valence-electron chi connectivity index (χ4n) is 2.28. The predicted molar refractivity (Wildman–Crippen MR) is 99.8 cm³/mol. The lowest BCUT2D eigenvalue weighted by Crippen LogP contribution is -1.98. The summed E-state index contributed by atoms with van der Waals surface area (Å²) in [6, 6.07) is 17.4. The van der Waals surface area contributed by atoms with Crippen LogP contribution >= 0.6 is 0 Å². The second-order valence-electron chi connectivity index (χ2n) is 5.48. The van der Waals surface area contributed by atoms with Gasteiger partial charge in [0.25, 0.3) is 0 Å². The van der Waals surface area contributed by atoms with E-state index in [0.717, 1.165) is 28.1 Å². The molecule has 0 spiro atoms. The fraction of sp³-hybridized carbons (Fsp3) is 0.100. The molecule has 0 saturated heterocycles. The summed E-state index contributed by atoms with van der Waals surface area (Å²) in [7, 11) is 0. The van der Waals surface area contributed by atoms with E-state index in [-0.39, 0.29) is 6.61 Å². The Balaban J connectivity index is 1.82. The summed E-state index contributed by atoms with van der Waals surface area (Å²) in [6.45, 7) is 1.87. The highest BCUT2D eigenvalue weighted by atomic mass is 16.3. The second kappa shape index (κ2) is 8.08. The van der Waals surface area contributed by atoms with Crippen LogP contribution in [0, 0.1) is 6.92 Å². The van der Waals surface area contributed by atoms with E-state index in [4.69, 9.17) is 0 Å². The van der Waals surface area contributed by atoms with Gasteiger partial charge >= 0.3 is 0 Å². The molecule has 1 aromatic heterocycles. The van der Waals surface area contributed by atoms with Crippen LogP contribution in [0.5, 0.6) is 0 Å². The number of hydrogen-bond donors (Lipinski definition) is 1. The first-order valence-electron chi connectivity index (χ1n) is 7.91. The maximum atomic E-state index is 9.27. The maximum Gasteiger partial charge on any atom is 0.105 e. The molecule has 0 aliphatic carbocycles. The maximum absolute atomic E-state index is 9.27. The van der Waals surface area contributed by atoms with Crippen molar-refractivity contribution in [3.63, 3.8) is 0 Å². The zero-order valence-corrected chi connectivity index (χ0v) is 13.9. The van der Waals surface area contributed by atoms with Gasteiger partial charge in [-0.25, -0.2) is 4.98 Å². The Morgan fingerprint density at radius 1 is 1.00 bits per heavy atom. The molecule has 1 N–H and O–H groups in total. The van der Waals surface area contributed by atoms with Crippen LogP contribution in [0.1, 0.15) is 22.5 Å². The van der Waals surface area contributed by atoms with Gasteiger partial charge in [-0.1, -0.05) is 48.5 Å². The Hall–Kier alpha value is -3.18. The molecule has 0 unspecified atom stereocenters. The molecule has 0 saturated carbocycles. The molecule has 0 amide bonds. The van der Waals surface area contributed by atoms with E-state index in [0.29, 0.717) is 5.69 Å².